The largest absolute Gasteiger partial charge is 0.477 e. The van der Waals surface area contributed by atoms with E-state index in [2.05, 4.69) is 11.1 Å². The number of carboxylic acids is 1. The second-order valence-corrected chi connectivity index (χ2v) is 2.62. The lowest BCUT2D eigenvalue weighted by Gasteiger charge is -1.87. The van der Waals surface area contributed by atoms with Gasteiger partial charge in [-0.15, -0.1) is 0 Å². The molecule has 0 saturated heterocycles. The zero-order valence-corrected chi connectivity index (χ0v) is 6.47. The van der Waals surface area contributed by atoms with Crippen LogP contribution in [-0.4, -0.2) is 16.1 Å². The lowest BCUT2D eigenvalue weighted by Crippen LogP contribution is -1.94. The van der Waals surface area contributed by atoms with Gasteiger partial charge in [0.25, 0.3) is 0 Å². The molecule has 65 valence electrons. The maximum Gasteiger partial charge on any atom is 0.352 e. The van der Waals surface area contributed by atoms with Crippen molar-refractivity contribution < 1.29 is 14.3 Å². The standard InChI is InChI=1S/C9H5FNO2/c10-6-1-2-7-5(3-6)4-8(11-7)9(12)13/h1-3,11H,(H,12,13). The molecule has 0 amide bonds. The van der Waals surface area contributed by atoms with E-state index in [-0.39, 0.29) is 5.69 Å². The zero-order valence-electron chi connectivity index (χ0n) is 6.47. The minimum atomic E-state index is -1.10. The van der Waals surface area contributed by atoms with Crippen LogP contribution in [0.2, 0.25) is 0 Å². The van der Waals surface area contributed by atoms with E-state index in [0.717, 1.165) is 0 Å². The first-order valence-electron chi connectivity index (χ1n) is 3.60. The third kappa shape index (κ3) is 1.26. The van der Waals surface area contributed by atoms with Gasteiger partial charge in [0.1, 0.15) is 11.5 Å². The van der Waals surface area contributed by atoms with E-state index in [1.807, 2.05) is 0 Å². The quantitative estimate of drug-likeness (QED) is 0.699. The fourth-order valence-electron chi connectivity index (χ4n) is 1.14. The van der Waals surface area contributed by atoms with Crippen LogP contribution in [0.1, 0.15) is 10.5 Å². The molecule has 1 aromatic carbocycles. The topological polar surface area (TPSA) is 53.1 Å². The lowest BCUT2D eigenvalue weighted by atomic mass is 10.2. The predicted molar refractivity (Wildman–Crippen MR) is 44.1 cm³/mol. The molecule has 0 aliphatic heterocycles. The van der Waals surface area contributed by atoms with Crippen molar-refractivity contribution in [3.05, 3.63) is 35.8 Å². The number of nitrogens with one attached hydrogen (secondary N) is 1. The average molecular weight is 178 g/mol. The van der Waals surface area contributed by atoms with Gasteiger partial charge >= 0.3 is 5.97 Å². The van der Waals surface area contributed by atoms with Crippen LogP contribution < -0.4 is 0 Å². The number of carboxylic acid groups (broad SMARTS) is 1. The molecule has 0 atom stereocenters. The molecule has 0 aliphatic rings. The Kier molecular flexibility index (Phi) is 1.55. The van der Waals surface area contributed by atoms with Crippen molar-refractivity contribution in [1.82, 2.24) is 4.98 Å². The molecule has 0 spiro atoms. The van der Waals surface area contributed by atoms with Crippen molar-refractivity contribution in [3.63, 3.8) is 0 Å². The summed E-state index contributed by atoms with van der Waals surface area (Å²) in [5.41, 5.74) is 0.513. The van der Waals surface area contributed by atoms with E-state index >= 15 is 0 Å². The molecule has 3 nitrogen and oxygen atoms in total. The lowest BCUT2D eigenvalue weighted by molar-refractivity contribution is 0.0691. The molecule has 1 aromatic heterocycles. The van der Waals surface area contributed by atoms with E-state index in [1.165, 1.54) is 18.2 Å². The molecular weight excluding hydrogens is 173 g/mol. The van der Waals surface area contributed by atoms with Crippen molar-refractivity contribution >= 4 is 16.9 Å². The van der Waals surface area contributed by atoms with Gasteiger partial charge in [0, 0.05) is 17.0 Å². The minimum absolute atomic E-state index is 0.0550. The number of aromatic nitrogens is 1. The molecule has 2 rings (SSSR count). The molecule has 1 radical (unpaired) electrons. The molecular formula is C9H5FNO2. The van der Waals surface area contributed by atoms with Crippen molar-refractivity contribution in [3.8, 4) is 0 Å². The van der Waals surface area contributed by atoms with Crippen LogP contribution in [0.3, 0.4) is 0 Å². The van der Waals surface area contributed by atoms with E-state index in [1.54, 1.807) is 0 Å². The number of benzene rings is 1. The van der Waals surface area contributed by atoms with Crippen LogP contribution in [0.4, 0.5) is 4.39 Å². The number of aromatic carboxylic acids is 1. The third-order valence-electron chi connectivity index (χ3n) is 1.71. The molecule has 2 aromatic rings. The summed E-state index contributed by atoms with van der Waals surface area (Å²) in [6.07, 6.45) is 0. The Morgan fingerprint density at radius 3 is 3.00 bits per heavy atom. The van der Waals surface area contributed by atoms with Gasteiger partial charge in [0.05, 0.1) is 0 Å². The number of halogens is 1. The Hall–Kier alpha value is -1.84. The van der Waals surface area contributed by atoms with Crippen LogP contribution in [0.25, 0.3) is 10.9 Å². The van der Waals surface area contributed by atoms with Gasteiger partial charge in [-0.25, -0.2) is 9.18 Å². The monoisotopic (exact) mass is 178 g/mol. The van der Waals surface area contributed by atoms with Gasteiger partial charge in [-0.3, -0.25) is 0 Å². The van der Waals surface area contributed by atoms with Gasteiger partial charge < -0.3 is 10.1 Å². The second kappa shape index (κ2) is 2.58. The third-order valence-corrected chi connectivity index (χ3v) is 1.71. The number of hydrogen-bond donors (Lipinski definition) is 2. The number of H-pyrrole nitrogens is 1. The van der Waals surface area contributed by atoms with Gasteiger partial charge in [-0.2, -0.15) is 0 Å². The van der Waals surface area contributed by atoms with Crippen LogP contribution in [0.5, 0.6) is 0 Å². The van der Waals surface area contributed by atoms with E-state index < -0.39 is 11.8 Å². The average Bonchev–Trinajstić information content (AvgIpc) is 2.46. The first-order chi connectivity index (χ1) is 6.16. The molecule has 0 unspecified atom stereocenters. The van der Waals surface area contributed by atoms with Crippen LogP contribution >= 0.6 is 0 Å². The molecule has 0 saturated carbocycles. The molecule has 0 fully saturated rings. The Morgan fingerprint density at radius 1 is 1.54 bits per heavy atom. The summed E-state index contributed by atoms with van der Waals surface area (Å²) in [6, 6.07) is 6.52. The van der Waals surface area contributed by atoms with Crippen LogP contribution in [0.15, 0.2) is 18.2 Å². The molecule has 0 aliphatic carbocycles. The van der Waals surface area contributed by atoms with Crippen LogP contribution in [-0.2, 0) is 0 Å². The normalized spacial score (nSPS) is 10.5. The number of carbonyl (C=O) groups is 1. The highest BCUT2D eigenvalue weighted by molar-refractivity contribution is 5.92. The summed E-state index contributed by atoms with van der Waals surface area (Å²) in [5, 5.41) is 9.04. The Labute approximate surface area is 72.8 Å². The molecule has 2 N–H and O–H groups in total. The van der Waals surface area contributed by atoms with Gasteiger partial charge in [-0.1, -0.05) is 0 Å². The Bertz CT molecular complexity index is 475. The first kappa shape index (κ1) is 7.79. The highest BCUT2D eigenvalue weighted by Crippen LogP contribution is 2.15. The summed E-state index contributed by atoms with van der Waals surface area (Å²) < 4.78 is 12.7. The van der Waals surface area contributed by atoms with E-state index in [4.69, 9.17) is 5.11 Å². The summed E-state index contributed by atoms with van der Waals surface area (Å²) >= 11 is 0. The smallest absolute Gasteiger partial charge is 0.352 e. The molecule has 0 bridgehead atoms. The zero-order chi connectivity index (χ0) is 9.42. The highest BCUT2D eigenvalue weighted by atomic mass is 19.1. The van der Waals surface area contributed by atoms with Gasteiger partial charge in [-0.05, 0) is 18.2 Å². The van der Waals surface area contributed by atoms with Crippen molar-refractivity contribution in [1.29, 1.82) is 0 Å². The number of aromatic amines is 1. The van der Waals surface area contributed by atoms with Crippen molar-refractivity contribution in [2.75, 3.05) is 0 Å². The van der Waals surface area contributed by atoms with Gasteiger partial charge in [0.15, 0.2) is 0 Å². The fraction of sp³-hybridized carbons (Fsp3) is 0. The van der Waals surface area contributed by atoms with Crippen molar-refractivity contribution in [2.45, 2.75) is 0 Å². The summed E-state index contributed by atoms with van der Waals surface area (Å²) in [4.78, 5) is 13.1. The minimum Gasteiger partial charge on any atom is -0.477 e. The molecule has 13 heavy (non-hydrogen) atoms. The summed E-state index contributed by atoms with van der Waals surface area (Å²) in [7, 11) is 0. The highest BCUT2D eigenvalue weighted by Gasteiger charge is 2.07. The first-order valence-corrected chi connectivity index (χ1v) is 3.60. The molecule has 4 heteroatoms. The van der Waals surface area contributed by atoms with Crippen LogP contribution in [0, 0.1) is 11.9 Å². The van der Waals surface area contributed by atoms with Gasteiger partial charge in [0.2, 0.25) is 0 Å². The number of fused-ring (bicyclic) bond motifs is 1. The summed E-state index contributed by atoms with van der Waals surface area (Å²) in [6.45, 7) is 0. The summed E-state index contributed by atoms with van der Waals surface area (Å²) in [5.74, 6) is -1.50. The predicted octanol–water partition coefficient (Wildman–Crippen LogP) is 1.81. The SMILES string of the molecule is O=C(O)c1[c]c2cc(F)ccc2[nH]1. The maximum atomic E-state index is 12.7. The number of rotatable bonds is 1. The second-order valence-electron chi connectivity index (χ2n) is 2.62. The van der Waals surface area contributed by atoms with Crippen molar-refractivity contribution in [2.24, 2.45) is 0 Å². The maximum absolute atomic E-state index is 12.7. The Morgan fingerprint density at radius 2 is 2.31 bits per heavy atom. The van der Waals surface area contributed by atoms with E-state index in [0.29, 0.717) is 10.9 Å². The molecule has 1 heterocycles. The van der Waals surface area contributed by atoms with E-state index in [9.17, 15) is 9.18 Å². The number of hydrogen-bond acceptors (Lipinski definition) is 1. The fourth-order valence-corrected chi connectivity index (χ4v) is 1.14. The Balaban J connectivity index is 2.68.